The zero-order valence-electron chi connectivity index (χ0n) is 17.9. The molecule has 1 N–H and O–H groups in total. The van der Waals surface area contributed by atoms with Gasteiger partial charge >= 0.3 is 0 Å². The van der Waals surface area contributed by atoms with Gasteiger partial charge in [0, 0.05) is 43.6 Å². The van der Waals surface area contributed by atoms with Crippen LogP contribution in [0.15, 0.2) is 65.2 Å². The lowest BCUT2D eigenvalue weighted by atomic mass is 10.1. The van der Waals surface area contributed by atoms with Gasteiger partial charge in [0.25, 0.3) is 5.91 Å². The van der Waals surface area contributed by atoms with E-state index < -0.39 is 15.9 Å². The molecule has 32 heavy (non-hydrogen) atoms. The third kappa shape index (κ3) is 5.41. The van der Waals surface area contributed by atoms with Crippen LogP contribution in [0.4, 0.5) is 5.69 Å². The number of nitrogens with one attached hydrogen (secondary N) is 1. The molecule has 3 rings (SSSR count). The molecule has 1 aliphatic heterocycles. The van der Waals surface area contributed by atoms with Gasteiger partial charge in [0.2, 0.25) is 10.0 Å². The number of rotatable bonds is 6. The van der Waals surface area contributed by atoms with Crippen molar-refractivity contribution >= 4 is 27.4 Å². The lowest BCUT2D eigenvalue weighted by Gasteiger charge is -2.33. The van der Waals surface area contributed by atoms with Crippen molar-refractivity contribution in [2.75, 3.05) is 31.5 Å². The summed E-state index contributed by atoms with van der Waals surface area (Å²) in [6, 6.07) is 15.0. The van der Waals surface area contributed by atoms with Crippen molar-refractivity contribution in [1.29, 1.82) is 5.26 Å². The van der Waals surface area contributed by atoms with Gasteiger partial charge in [-0.1, -0.05) is 17.7 Å². The fourth-order valence-electron chi connectivity index (χ4n) is 3.24. The van der Waals surface area contributed by atoms with Crippen molar-refractivity contribution in [2.45, 2.75) is 18.7 Å². The molecule has 0 saturated carbocycles. The number of benzene rings is 2. The Morgan fingerprint density at radius 2 is 1.59 bits per heavy atom. The molecule has 2 aromatic carbocycles. The second-order valence-corrected chi connectivity index (χ2v) is 9.43. The zero-order chi connectivity index (χ0) is 23.3. The smallest absolute Gasteiger partial charge is 0.267 e. The molecule has 0 unspecified atom stereocenters. The first-order valence-electron chi connectivity index (χ1n) is 10.1. The van der Waals surface area contributed by atoms with E-state index in [9.17, 15) is 23.3 Å². The highest BCUT2D eigenvalue weighted by molar-refractivity contribution is 7.89. The van der Waals surface area contributed by atoms with Gasteiger partial charge in [-0.2, -0.15) is 9.57 Å². The standard InChI is InChI=1S/C23H24N4O4S/c1-17-3-9-22(10-4-17)32(30,31)27-13-11-26(12-14-27)16-20(15-24)23(29)25-21-7-5-19(6-8-21)18(2)28/h3-10,16H,11-14H2,1-2H3,(H,25,29)/b20-16-. The van der Waals surface area contributed by atoms with Gasteiger partial charge in [0.15, 0.2) is 5.78 Å². The van der Waals surface area contributed by atoms with Gasteiger partial charge < -0.3 is 10.2 Å². The number of nitriles is 1. The molecule has 1 heterocycles. The fourth-order valence-corrected chi connectivity index (χ4v) is 4.66. The molecule has 0 bridgehead atoms. The third-order valence-electron chi connectivity index (χ3n) is 5.16. The number of hydrogen-bond acceptors (Lipinski definition) is 6. The third-order valence-corrected chi connectivity index (χ3v) is 7.07. The van der Waals surface area contributed by atoms with E-state index in [0.717, 1.165) is 5.56 Å². The Bertz CT molecular complexity index is 1170. The lowest BCUT2D eigenvalue weighted by Crippen LogP contribution is -2.46. The van der Waals surface area contributed by atoms with E-state index in [-0.39, 0.29) is 29.3 Å². The van der Waals surface area contributed by atoms with Crippen molar-refractivity contribution < 1.29 is 18.0 Å². The number of piperazine rings is 1. The summed E-state index contributed by atoms with van der Waals surface area (Å²) in [5.41, 5.74) is 1.89. The van der Waals surface area contributed by atoms with E-state index in [1.807, 2.05) is 13.0 Å². The molecular formula is C23H24N4O4S. The molecule has 0 radical (unpaired) electrons. The minimum absolute atomic E-state index is 0.0796. The molecule has 0 aliphatic carbocycles. The predicted molar refractivity (Wildman–Crippen MR) is 120 cm³/mol. The first-order chi connectivity index (χ1) is 15.2. The van der Waals surface area contributed by atoms with Crippen molar-refractivity contribution in [3.8, 4) is 6.07 Å². The maximum absolute atomic E-state index is 12.8. The number of aryl methyl sites for hydroxylation is 1. The van der Waals surface area contributed by atoms with Crippen LogP contribution < -0.4 is 5.32 Å². The van der Waals surface area contributed by atoms with Crippen LogP contribution in [0.3, 0.4) is 0 Å². The quantitative estimate of drug-likeness (QED) is 0.410. The SMILES string of the molecule is CC(=O)c1ccc(NC(=O)/C(C#N)=C\N2CCN(S(=O)(=O)c3ccc(C)cc3)CC2)cc1. The number of Topliss-reactive ketones (excluding diaryl/α,β-unsaturated/α-hetero) is 1. The largest absolute Gasteiger partial charge is 0.373 e. The van der Waals surface area contributed by atoms with Crippen LogP contribution in [0.2, 0.25) is 0 Å². The molecule has 0 atom stereocenters. The molecular weight excluding hydrogens is 428 g/mol. The fraction of sp³-hybridized carbons (Fsp3) is 0.261. The number of carbonyl (C=O) groups is 2. The maximum atomic E-state index is 12.8. The summed E-state index contributed by atoms with van der Waals surface area (Å²) in [4.78, 5) is 25.8. The van der Waals surface area contributed by atoms with Gasteiger partial charge in [-0.15, -0.1) is 0 Å². The second-order valence-electron chi connectivity index (χ2n) is 7.50. The van der Waals surface area contributed by atoms with Crippen LogP contribution in [0, 0.1) is 18.3 Å². The Balaban J connectivity index is 1.63. The summed E-state index contributed by atoms with van der Waals surface area (Å²) in [6.07, 6.45) is 1.45. The monoisotopic (exact) mass is 452 g/mol. The molecule has 8 nitrogen and oxygen atoms in total. The summed E-state index contributed by atoms with van der Waals surface area (Å²) in [7, 11) is -3.59. The van der Waals surface area contributed by atoms with Crippen LogP contribution in [0.25, 0.3) is 0 Å². The summed E-state index contributed by atoms with van der Waals surface area (Å²) >= 11 is 0. The van der Waals surface area contributed by atoms with Gasteiger partial charge in [-0.05, 0) is 50.2 Å². The first-order valence-corrected chi connectivity index (χ1v) is 11.5. The van der Waals surface area contributed by atoms with Crippen LogP contribution >= 0.6 is 0 Å². The van der Waals surface area contributed by atoms with Gasteiger partial charge in [-0.25, -0.2) is 8.42 Å². The van der Waals surface area contributed by atoms with Crippen molar-refractivity contribution in [2.24, 2.45) is 0 Å². The molecule has 1 aliphatic rings. The molecule has 166 valence electrons. The van der Waals surface area contributed by atoms with E-state index in [0.29, 0.717) is 24.3 Å². The Morgan fingerprint density at radius 1 is 1.00 bits per heavy atom. The van der Waals surface area contributed by atoms with Crippen molar-refractivity contribution in [3.05, 3.63) is 71.4 Å². The van der Waals surface area contributed by atoms with Gasteiger partial charge in [0.1, 0.15) is 11.6 Å². The second kappa shape index (κ2) is 9.77. The average molecular weight is 453 g/mol. The molecule has 1 amide bonds. The number of ketones is 1. The van der Waals surface area contributed by atoms with Gasteiger partial charge in [-0.3, -0.25) is 9.59 Å². The average Bonchev–Trinajstić information content (AvgIpc) is 2.78. The normalized spacial score (nSPS) is 15.2. The summed E-state index contributed by atoms with van der Waals surface area (Å²) in [6.45, 7) is 4.56. The van der Waals surface area contributed by atoms with Crippen LogP contribution in [-0.4, -0.2) is 55.5 Å². The van der Waals surface area contributed by atoms with E-state index in [1.54, 1.807) is 53.4 Å². The van der Waals surface area contributed by atoms with E-state index >= 15 is 0 Å². The summed E-state index contributed by atoms with van der Waals surface area (Å²) in [5.74, 6) is -0.651. The number of anilines is 1. The summed E-state index contributed by atoms with van der Waals surface area (Å²) in [5, 5.41) is 12.1. The Hall–Kier alpha value is -3.48. The van der Waals surface area contributed by atoms with Crippen LogP contribution in [0.5, 0.6) is 0 Å². The van der Waals surface area contributed by atoms with E-state index in [4.69, 9.17) is 0 Å². The molecule has 2 aromatic rings. The maximum Gasteiger partial charge on any atom is 0.267 e. The number of hydrogen-bond donors (Lipinski definition) is 1. The Kier molecular flexibility index (Phi) is 7.08. The summed E-state index contributed by atoms with van der Waals surface area (Å²) < 4.78 is 27.0. The van der Waals surface area contributed by atoms with Crippen LogP contribution in [0.1, 0.15) is 22.8 Å². The number of carbonyl (C=O) groups excluding carboxylic acids is 2. The van der Waals surface area contributed by atoms with Gasteiger partial charge in [0.05, 0.1) is 4.90 Å². The lowest BCUT2D eigenvalue weighted by molar-refractivity contribution is -0.112. The highest BCUT2D eigenvalue weighted by Gasteiger charge is 2.28. The molecule has 1 fully saturated rings. The molecule has 9 heteroatoms. The number of sulfonamides is 1. The number of nitrogens with zero attached hydrogens (tertiary/aromatic N) is 3. The zero-order valence-corrected chi connectivity index (χ0v) is 18.7. The molecule has 1 saturated heterocycles. The number of amides is 1. The van der Waals surface area contributed by atoms with Crippen molar-refractivity contribution in [1.82, 2.24) is 9.21 Å². The highest BCUT2D eigenvalue weighted by Crippen LogP contribution is 2.19. The Labute approximate surface area is 187 Å². The molecule has 0 aromatic heterocycles. The minimum Gasteiger partial charge on any atom is -0.373 e. The van der Waals surface area contributed by atoms with Crippen LogP contribution in [-0.2, 0) is 14.8 Å². The predicted octanol–water partition coefficient (Wildman–Crippen LogP) is 2.55. The van der Waals surface area contributed by atoms with E-state index in [1.165, 1.54) is 17.4 Å². The topological polar surface area (TPSA) is 111 Å². The minimum atomic E-state index is -3.59. The molecule has 0 spiro atoms. The Morgan fingerprint density at radius 3 is 2.12 bits per heavy atom. The van der Waals surface area contributed by atoms with E-state index in [2.05, 4.69) is 5.32 Å². The first kappa shape index (κ1) is 23.2. The highest BCUT2D eigenvalue weighted by atomic mass is 32.2. The van der Waals surface area contributed by atoms with Crippen molar-refractivity contribution in [3.63, 3.8) is 0 Å².